The Morgan fingerprint density at radius 2 is 1.73 bits per heavy atom. The van der Waals surface area contributed by atoms with Gasteiger partial charge in [-0.2, -0.15) is 0 Å². The third-order valence-corrected chi connectivity index (χ3v) is 5.31. The lowest BCUT2D eigenvalue weighted by Crippen LogP contribution is -2.25. The SMILES string of the molecule is COc1ccc(Cn2cc(C(=O)Nc3ccccc3CO)c(=O)c3c(F)ccc(F)c32)cc1. The summed E-state index contributed by atoms with van der Waals surface area (Å²) in [5, 5.41) is 11.6. The van der Waals surface area contributed by atoms with Gasteiger partial charge in [-0.3, -0.25) is 9.59 Å². The van der Waals surface area contributed by atoms with E-state index in [4.69, 9.17) is 4.74 Å². The van der Waals surface area contributed by atoms with E-state index >= 15 is 0 Å². The number of para-hydroxylation sites is 1. The fraction of sp³-hybridized carbons (Fsp3) is 0.120. The smallest absolute Gasteiger partial charge is 0.261 e. The molecule has 0 aliphatic heterocycles. The number of benzene rings is 3. The average molecular weight is 450 g/mol. The van der Waals surface area contributed by atoms with Crippen LogP contribution in [0, 0.1) is 11.6 Å². The summed E-state index contributed by atoms with van der Waals surface area (Å²) >= 11 is 0. The molecule has 0 aliphatic rings. The number of nitrogens with one attached hydrogen (secondary N) is 1. The van der Waals surface area contributed by atoms with Crippen molar-refractivity contribution in [3.8, 4) is 5.75 Å². The number of halogens is 2. The quantitative estimate of drug-likeness (QED) is 0.464. The van der Waals surface area contributed by atoms with Crippen molar-refractivity contribution in [2.45, 2.75) is 13.2 Å². The van der Waals surface area contributed by atoms with Crippen LogP contribution in [0.2, 0.25) is 0 Å². The van der Waals surface area contributed by atoms with Gasteiger partial charge >= 0.3 is 0 Å². The number of pyridine rings is 1. The average Bonchev–Trinajstić information content (AvgIpc) is 2.83. The van der Waals surface area contributed by atoms with E-state index in [0.717, 1.165) is 17.7 Å². The second kappa shape index (κ2) is 9.22. The number of hydrogen-bond donors (Lipinski definition) is 2. The van der Waals surface area contributed by atoms with Gasteiger partial charge in [-0.05, 0) is 35.9 Å². The molecule has 1 aromatic heterocycles. The number of carbonyl (C=O) groups is 1. The molecule has 0 radical (unpaired) electrons. The molecule has 0 atom stereocenters. The van der Waals surface area contributed by atoms with Crippen LogP contribution in [-0.4, -0.2) is 22.7 Å². The van der Waals surface area contributed by atoms with Crippen LogP contribution in [0.25, 0.3) is 10.9 Å². The standard InChI is InChI=1S/C25H20F2N2O4/c1-33-17-8-6-15(7-9-17)12-29-13-18(24(31)22-19(26)10-11-20(27)23(22)29)25(32)28-21-5-3-2-4-16(21)14-30/h2-11,13,30H,12,14H2,1H3,(H,28,32). The highest BCUT2D eigenvalue weighted by molar-refractivity contribution is 6.06. The Labute approximate surface area is 187 Å². The van der Waals surface area contributed by atoms with Gasteiger partial charge in [0.1, 0.15) is 22.9 Å². The maximum atomic E-state index is 14.7. The van der Waals surface area contributed by atoms with E-state index in [9.17, 15) is 23.5 Å². The predicted octanol–water partition coefficient (Wildman–Crippen LogP) is 4.08. The lowest BCUT2D eigenvalue weighted by atomic mass is 10.1. The number of ether oxygens (including phenoxy) is 1. The maximum Gasteiger partial charge on any atom is 0.261 e. The number of carbonyl (C=O) groups excluding carboxylic acids is 1. The van der Waals surface area contributed by atoms with E-state index < -0.39 is 28.4 Å². The summed E-state index contributed by atoms with van der Waals surface area (Å²) < 4.78 is 35.9. The van der Waals surface area contributed by atoms with Crippen LogP contribution < -0.4 is 15.5 Å². The minimum absolute atomic E-state index is 0.0780. The van der Waals surface area contributed by atoms with Crippen LogP contribution in [-0.2, 0) is 13.2 Å². The van der Waals surface area contributed by atoms with Crippen molar-refractivity contribution in [1.29, 1.82) is 0 Å². The Morgan fingerprint density at radius 3 is 2.42 bits per heavy atom. The first-order valence-corrected chi connectivity index (χ1v) is 10.1. The Bertz CT molecular complexity index is 1400. The maximum absolute atomic E-state index is 14.7. The van der Waals surface area contributed by atoms with E-state index in [0.29, 0.717) is 17.0 Å². The number of aromatic nitrogens is 1. The zero-order valence-corrected chi connectivity index (χ0v) is 17.6. The number of nitrogens with zero attached hydrogens (tertiary/aromatic N) is 1. The van der Waals surface area contributed by atoms with Crippen molar-refractivity contribution in [2.24, 2.45) is 0 Å². The molecular weight excluding hydrogens is 430 g/mol. The number of aliphatic hydroxyl groups excluding tert-OH is 1. The molecule has 4 rings (SSSR count). The third kappa shape index (κ3) is 4.33. The number of aliphatic hydroxyl groups is 1. The van der Waals surface area contributed by atoms with Crippen LogP contribution in [0.4, 0.5) is 14.5 Å². The molecule has 2 N–H and O–H groups in total. The molecule has 168 valence electrons. The van der Waals surface area contributed by atoms with Crippen LogP contribution in [0.3, 0.4) is 0 Å². The number of methoxy groups -OCH3 is 1. The number of amides is 1. The zero-order valence-electron chi connectivity index (χ0n) is 17.6. The molecule has 1 amide bonds. The van der Waals surface area contributed by atoms with E-state index in [1.807, 2.05) is 0 Å². The normalized spacial score (nSPS) is 10.9. The molecule has 4 aromatic rings. The van der Waals surface area contributed by atoms with Gasteiger partial charge in [-0.1, -0.05) is 30.3 Å². The summed E-state index contributed by atoms with van der Waals surface area (Å²) in [5.74, 6) is -1.88. The fourth-order valence-corrected chi connectivity index (χ4v) is 3.64. The Kier molecular flexibility index (Phi) is 6.19. The Hall–Kier alpha value is -4.04. The van der Waals surface area contributed by atoms with E-state index in [-0.39, 0.29) is 24.2 Å². The number of fused-ring (bicyclic) bond motifs is 1. The van der Waals surface area contributed by atoms with E-state index in [1.165, 1.54) is 17.9 Å². The first kappa shape index (κ1) is 22.2. The van der Waals surface area contributed by atoms with Crippen molar-refractivity contribution >= 4 is 22.5 Å². The zero-order chi connectivity index (χ0) is 23.5. The van der Waals surface area contributed by atoms with Gasteiger partial charge in [0.2, 0.25) is 5.43 Å². The van der Waals surface area contributed by atoms with Crippen LogP contribution in [0.5, 0.6) is 5.75 Å². The van der Waals surface area contributed by atoms with Gasteiger partial charge < -0.3 is 19.7 Å². The fourth-order valence-electron chi connectivity index (χ4n) is 3.64. The minimum atomic E-state index is -0.926. The van der Waals surface area contributed by atoms with Crippen LogP contribution in [0.15, 0.2) is 71.7 Å². The topological polar surface area (TPSA) is 80.6 Å². The van der Waals surface area contributed by atoms with Gasteiger partial charge in [-0.15, -0.1) is 0 Å². The van der Waals surface area contributed by atoms with Crippen LogP contribution in [0.1, 0.15) is 21.5 Å². The first-order chi connectivity index (χ1) is 15.9. The summed E-state index contributed by atoms with van der Waals surface area (Å²) in [6.45, 7) is -0.246. The second-order valence-corrected chi connectivity index (χ2v) is 7.37. The lowest BCUT2D eigenvalue weighted by Gasteiger charge is -2.15. The first-order valence-electron chi connectivity index (χ1n) is 10.1. The van der Waals surface area contributed by atoms with Gasteiger partial charge in [-0.25, -0.2) is 8.78 Å². The molecule has 1 heterocycles. The number of hydrogen-bond acceptors (Lipinski definition) is 4. The molecule has 3 aromatic carbocycles. The van der Waals surface area contributed by atoms with Crippen molar-refractivity contribution in [2.75, 3.05) is 12.4 Å². The Morgan fingerprint density at radius 1 is 1.03 bits per heavy atom. The predicted molar refractivity (Wildman–Crippen MR) is 121 cm³/mol. The van der Waals surface area contributed by atoms with Crippen molar-refractivity contribution < 1.29 is 23.4 Å². The molecule has 0 aliphatic carbocycles. The molecule has 6 nitrogen and oxygen atoms in total. The Balaban J connectivity index is 1.84. The molecule has 0 bridgehead atoms. The largest absolute Gasteiger partial charge is 0.497 e. The lowest BCUT2D eigenvalue weighted by molar-refractivity contribution is 0.102. The van der Waals surface area contributed by atoms with E-state index in [1.54, 1.807) is 48.5 Å². The highest BCUT2D eigenvalue weighted by atomic mass is 19.1. The summed E-state index contributed by atoms with van der Waals surface area (Å²) in [4.78, 5) is 26.0. The van der Waals surface area contributed by atoms with Crippen molar-refractivity contribution in [1.82, 2.24) is 4.57 Å². The van der Waals surface area contributed by atoms with Crippen molar-refractivity contribution in [3.05, 3.63) is 105 Å². The molecule has 0 saturated carbocycles. The van der Waals surface area contributed by atoms with Gasteiger partial charge in [0.05, 0.1) is 24.6 Å². The minimum Gasteiger partial charge on any atom is -0.497 e. The molecular formula is C25H20F2N2O4. The number of rotatable bonds is 6. The highest BCUT2D eigenvalue weighted by Gasteiger charge is 2.21. The molecule has 0 fully saturated rings. The van der Waals surface area contributed by atoms with Gasteiger partial charge in [0.25, 0.3) is 5.91 Å². The molecule has 0 saturated heterocycles. The summed E-state index contributed by atoms with van der Waals surface area (Å²) in [6.07, 6.45) is 1.22. The van der Waals surface area contributed by atoms with E-state index in [2.05, 4.69) is 5.32 Å². The van der Waals surface area contributed by atoms with Gasteiger partial charge in [0, 0.05) is 24.0 Å². The van der Waals surface area contributed by atoms with Crippen molar-refractivity contribution in [3.63, 3.8) is 0 Å². The molecule has 8 heteroatoms. The number of anilines is 1. The van der Waals surface area contributed by atoms with Crippen LogP contribution >= 0.6 is 0 Å². The summed E-state index contributed by atoms with van der Waals surface area (Å²) in [5.41, 5.74) is -0.0296. The molecule has 0 unspecified atom stereocenters. The molecule has 0 spiro atoms. The highest BCUT2D eigenvalue weighted by Crippen LogP contribution is 2.22. The summed E-state index contributed by atoms with van der Waals surface area (Å²) in [7, 11) is 1.53. The molecule has 33 heavy (non-hydrogen) atoms. The second-order valence-electron chi connectivity index (χ2n) is 7.37. The summed E-state index contributed by atoms with van der Waals surface area (Å²) in [6, 6.07) is 15.3. The monoisotopic (exact) mass is 450 g/mol. The third-order valence-electron chi connectivity index (χ3n) is 5.31. The van der Waals surface area contributed by atoms with Gasteiger partial charge in [0.15, 0.2) is 0 Å².